The van der Waals surface area contributed by atoms with Crippen LogP contribution in [0, 0.1) is 23.7 Å². The molecule has 8 atom stereocenters. The zero-order valence-corrected chi connectivity index (χ0v) is 21.7. The SMILES string of the molecule is C[C@H]1[C@H](OCc2c(Cl)cc(C(=O)O)cc2S(C)(=O)=O)O[C@@H]2O[C@@]3(C)CC[C@H]4[C@H](C)CC[C@@H]1[C@@]24OO3. The van der Waals surface area contributed by atoms with E-state index in [1.807, 2.05) is 13.8 Å². The van der Waals surface area contributed by atoms with Gasteiger partial charge in [0.15, 0.2) is 28.0 Å². The molecule has 1 saturated carbocycles. The normalized spacial score (nSPS) is 40.7. The van der Waals surface area contributed by atoms with Crippen molar-refractivity contribution in [1.82, 2.24) is 0 Å². The fourth-order valence-corrected chi connectivity index (χ4v) is 7.72. The summed E-state index contributed by atoms with van der Waals surface area (Å²) < 4.78 is 43.7. The standard InChI is InChI=1S/C24H31ClO9S/c1-12-5-6-17-13(2)21(31-22-24(17)16(12)7-8-23(3,32-22)33-34-24)30-11-15-18(25)9-14(20(26)27)10-19(15)35(4,28)29/h9-10,12-13,16-17,21-22H,5-8,11H2,1-4H3,(H,26,27)/t12-,13-,16+,17+,21-,22-,23-,24-/m1/s1. The fraction of sp³-hybridized carbons (Fsp3) is 0.708. The van der Waals surface area contributed by atoms with Gasteiger partial charge in [0.1, 0.15) is 0 Å². The number of ether oxygens (including phenoxy) is 3. The Bertz CT molecular complexity index is 1140. The molecule has 0 aromatic heterocycles. The average Bonchev–Trinajstić information content (AvgIpc) is 3.00. The molecule has 6 rings (SSSR count). The number of fused-ring (bicyclic) bond motifs is 2. The zero-order valence-electron chi connectivity index (χ0n) is 20.2. The van der Waals surface area contributed by atoms with E-state index < -0.39 is 39.8 Å². The molecule has 4 saturated heterocycles. The maximum Gasteiger partial charge on any atom is 0.335 e. The van der Waals surface area contributed by atoms with E-state index in [1.54, 1.807) is 0 Å². The number of aromatic carboxylic acids is 1. The van der Waals surface area contributed by atoms with E-state index in [-0.39, 0.29) is 45.4 Å². The van der Waals surface area contributed by atoms with Gasteiger partial charge in [-0.25, -0.2) is 23.0 Å². The highest BCUT2D eigenvalue weighted by Gasteiger charge is 2.69. The molecule has 11 heteroatoms. The van der Waals surface area contributed by atoms with Crippen molar-refractivity contribution in [3.05, 3.63) is 28.3 Å². The van der Waals surface area contributed by atoms with Gasteiger partial charge < -0.3 is 19.3 Å². The highest BCUT2D eigenvalue weighted by Crippen LogP contribution is 2.60. The Morgan fingerprint density at radius 2 is 1.94 bits per heavy atom. The maximum atomic E-state index is 12.4. The number of halogens is 1. The van der Waals surface area contributed by atoms with E-state index >= 15 is 0 Å². The van der Waals surface area contributed by atoms with Crippen LogP contribution in [0.15, 0.2) is 17.0 Å². The predicted octanol–water partition coefficient (Wildman–Crippen LogP) is 4.17. The second kappa shape index (κ2) is 8.65. The summed E-state index contributed by atoms with van der Waals surface area (Å²) in [5.74, 6) is -1.59. The topological polar surface area (TPSA) is 118 Å². The zero-order chi connectivity index (χ0) is 25.3. The molecule has 9 nitrogen and oxygen atoms in total. The molecule has 0 unspecified atom stereocenters. The number of sulfone groups is 1. The van der Waals surface area contributed by atoms with E-state index in [1.165, 1.54) is 6.07 Å². The molecule has 1 spiro atoms. The molecule has 0 radical (unpaired) electrons. The summed E-state index contributed by atoms with van der Waals surface area (Å²) in [6, 6.07) is 2.33. The van der Waals surface area contributed by atoms with E-state index in [9.17, 15) is 18.3 Å². The summed E-state index contributed by atoms with van der Waals surface area (Å²) >= 11 is 6.33. The monoisotopic (exact) mass is 530 g/mol. The van der Waals surface area contributed by atoms with Gasteiger partial charge in [-0.15, -0.1) is 0 Å². The van der Waals surface area contributed by atoms with Crippen LogP contribution in [-0.2, 0) is 40.4 Å². The molecule has 4 aliphatic heterocycles. The largest absolute Gasteiger partial charge is 0.478 e. The highest BCUT2D eigenvalue weighted by molar-refractivity contribution is 7.90. The third-order valence-corrected chi connectivity index (χ3v) is 9.79. The molecule has 1 aromatic carbocycles. The van der Waals surface area contributed by atoms with Gasteiger partial charge in [-0.05, 0) is 50.2 Å². The molecule has 1 aliphatic carbocycles. The molecule has 1 N–H and O–H groups in total. The summed E-state index contributed by atoms with van der Waals surface area (Å²) in [6.45, 7) is 5.94. The van der Waals surface area contributed by atoms with Gasteiger partial charge in [-0.3, -0.25) is 0 Å². The van der Waals surface area contributed by atoms with Gasteiger partial charge in [0, 0.05) is 35.1 Å². The molecule has 4 heterocycles. The number of rotatable bonds is 5. The fourth-order valence-electron chi connectivity index (χ4n) is 6.43. The van der Waals surface area contributed by atoms with E-state index in [0.717, 1.165) is 31.6 Å². The summed E-state index contributed by atoms with van der Waals surface area (Å²) in [7, 11) is -3.77. The number of carbonyl (C=O) groups is 1. The van der Waals surface area contributed by atoms with Gasteiger partial charge in [0.25, 0.3) is 0 Å². The van der Waals surface area contributed by atoms with E-state index in [4.69, 9.17) is 35.6 Å². The average molecular weight is 531 g/mol. The molecular weight excluding hydrogens is 500 g/mol. The van der Waals surface area contributed by atoms with Crippen LogP contribution in [0.3, 0.4) is 0 Å². The third kappa shape index (κ3) is 4.11. The van der Waals surface area contributed by atoms with Crippen LogP contribution in [0.5, 0.6) is 0 Å². The van der Waals surface area contributed by atoms with Crippen LogP contribution in [0.1, 0.15) is 62.4 Å². The van der Waals surface area contributed by atoms with Crippen LogP contribution < -0.4 is 0 Å². The summed E-state index contributed by atoms with van der Waals surface area (Å²) in [6.07, 6.45) is 3.15. The number of benzene rings is 1. The van der Waals surface area contributed by atoms with Crippen molar-refractivity contribution in [2.45, 2.75) is 81.9 Å². The Morgan fingerprint density at radius 1 is 1.20 bits per heavy atom. The molecule has 2 bridgehead atoms. The van der Waals surface area contributed by atoms with Crippen molar-refractivity contribution in [1.29, 1.82) is 0 Å². The number of hydrogen-bond acceptors (Lipinski definition) is 8. The molecule has 1 aromatic rings. The molecular formula is C24H31ClO9S. The quantitative estimate of drug-likeness (QED) is 0.559. The minimum atomic E-state index is -3.77. The first-order chi connectivity index (χ1) is 16.4. The Labute approximate surface area is 209 Å². The molecule has 194 valence electrons. The van der Waals surface area contributed by atoms with Crippen molar-refractivity contribution in [3.63, 3.8) is 0 Å². The first-order valence-corrected chi connectivity index (χ1v) is 14.2. The number of carboxylic acids is 1. The first kappa shape index (κ1) is 25.4. The van der Waals surface area contributed by atoms with Gasteiger partial charge in [-0.1, -0.05) is 25.4 Å². The summed E-state index contributed by atoms with van der Waals surface area (Å²) in [5, 5.41) is 9.33. The van der Waals surface area contributed by atoms with Crippen molar-refractivity contribution in [3.8, 4) is 0 Å². The Balaban J connectivity index is 1.45. The molecule has 5 aliphatic rings. The van der Waals surface area contributed by atoms with Crippen LogP contribution >= 0.6 is 11.6 Å². The maximum absolute atomic E-state index is 12.4. The summed E-state index contributed by atoms with van der Waals surface area (Å²) in [4.78, 5) is 23.2. The lowest BCUT2D eigenvalue weighted by molar-refractivity contribution is -0.577. The minimum Gasteiger partial charge on any atom is -0.478 e. The van der Waals surface area contributed by atoms with Gasteiger partial charge in [0.2, 0.25) is 5.79 Å². The molecule has 5 fully saturated rings. The van der Waals surface area contributed by atoms with E-state index in [0.29, 0.717) is 12.3 Å². The van der Waals surface area contributed by atoms with Crippen molar-refractivity contribution >= 4 is 27.4 Å². The van der Waals surface area contributed by atoms with Gasteiger partial charge in [-0.2, -0.15) is 0 Å². The lowest BCUT2D eigenvalue weighted by Crippen LogP contribution is -2.70. The van der Waals surface area contributed by atoms with E-state index in [2.05, 4.69) is 6.92 Å². The third-order valence-electron chi connectivity index (χ3n) is 8.29. The minimum absolute atomic E-state index is 0.00540. The predicted molar refractivity (Wildman–Crippen MR) is 123 cm³/mol. The van der Waals surface area contributed by atoms with Crippen molar-refractivity contribution in [2.24, 2.45) is 23.7 Å². The first-order valence-electron chi connectivity index (χ1n) is 11.9. The number of carboxylic acid groups (broad SMARTS) is 1. The van der Waals surface area contributed by atoms with Gasteiger partial charge >= 0.3 is 5.97 Å². The van der Waals surface area contributed by atoms with Crippen molar-refractivity contribution in [2.75, 3.05) is 6.26 Å². The lowest BCUT2D eigenvalue weighted by atomic mass is 9.58. The van der Waals surface area contributed by atoms with Crippen LogP contribution in [0.4, 0.5) is 0 Å². The second-order valence-corrected chi connectivity index (χ2v) is 13.0. The smallest absolute Gasteiger partial charge is 0.335 e. The lowest BCUT2D eigenvalue weighted by Gasteiger charge is -2.60. The molecule has 0 amide bonds. The van der Waals surface area contributed by atoms with Crippen LogP contribution in [0.25, 0.3) is 0 Å². The second-order valence-electron chi connectivity index (χ2n) is 10.6. The Morgan fingerprint density at radius 3 is 2.63 bits per heavy atom. The molecule has 35 heavy (non-hydrogen) atoms. The van der Waals surface area contributed by atoms with Crippen LogP contribution in [-0.4, -0.2) is 49.7 Å². The number of hydrogen-bond donors (Lipinski definition) is 1. The summed E-state index contributed by atoms with van der Waals surface area (Å²) in [5.41, 5.74) is -0.745. The van der Waals surface area contributed by atoms with Crippen LogP contribution in [0.2, 0.25) is 5.02 Å². The van der Waals surface area contributed by atoms with Gasteiger partial charge in [0.05, 0.1) is 17.1 Å². The Kier molecular flexibility index (Phi) is 6.27. The highest BCUT2D eigenvalue weighted by atomic mass is 35.5. The van der Waals surface area contributed by atoms with Crippen molar-refractivity contribution < 1.29 is 42.3 Å². The Hall–Kier alpha value is -1.27.